The van der Waals surface area contributed by atoms with Crippen molar-refractivity contribution >= 4 is 21.6 Å². The molecule has 1 heterocycles. The predicted octanol–water partition coefficient (Wildman–Crippen LogP) is 2.93. The lowest BCUT2D eigenvalue weighted by Gasteiger charge is -2.29. The molecule has 1 N–H and O–H groups in total. The third-order valence-corrected chi connectivity index (χ3v) is 4.69. The molecule has 1 saturated carbocycles. The molecule has 0 amide bonds. The Balaban J connectivity index is 1.87. The van der Waals surface area contributed by atoms with Crippen LogP contribution in [0, 0.1) is 5.92 Å². The number of rotatable bonds is 2. The Labute approximate surface area is 104 Å². The van der Waals surface area contributed by atoms with E-state index in [2.05, 4.69) is 33.0 Å². The molecular weight excluding hydrogens is 266 g/mol. The molecule has 0 aromatic heterocycles. The largest absolute Gasteiger partial charge is 0.392 e. The summed E-state index contributed by atoms with van der Waals surface area (Å²) in [5.41, 5.74) is 2.27. The van der Waals surface area contributed by atoms with Crippen LogP contribution in [0.4, 0.5) is 5.69 Å². The van der Waals surface area contributed by atoms with Crippen LogP contribution in [0.1, 0.15) is 24.8 Å². The minimum absolute atomic E-state index is 0.104. The van der Waals surface area contributed by atoms with Crippen LogP contribution in [0.15, 0.2) is 22.7 Å². The summed E-state index contributed by atoms with van der Waals surface area (Å²) in [7, 11) is 0. The number of halogens is 1. The monoisotopic (exact) mass is 281 g/mol. The van der Waals surface area contributed by atoms with Crippen LogP contribution in [0.5, 0.6) is 0 Å². The number of benzene rings is 1. The van der Waals surface area contributed by atoms with Gasteiger partial charge < -0.3 is 10.0 Å². The molecule has 2 fully saturated rings. The summed E-state index contributed by atoms with van der Waals surface area (Å²) < 4.78 is 1.02. The highest BCUT2D eigenvalue weighted by molar-refractivity contribution is 9.10. The van der Waals surface area contributed by atoms with Gasteiger partial charge in [0.05, 0.1) is 6.61 Å². The first kappa shape index (κ1) is 10.6. The van der Waals surface area contributed by atoms with E-state index in [4.69, 9.17) is 5.11 Å². The second kappa shape index (κ2) is 4.04. The zero-order valence-electron chi connectivity index (χ0n) is 9.19. The maximum atomic E-state index is 9.14. The number of hydrogen-bond donors (Lipinski definition) is 1. The molecule has 1 saturated heterocycles. The Kier molecular flexibility index (Phi) is 2.68. The molecule has 2 bridgehead atoms. The maximum absolute atomic E-state index is 9.14. The molecule has 1 aromatic rings. The summed E-state index contributed by atoms with van der Waals surface area (Å²) in [5, 5.41) is 9.14. The lowest BCUT2D eigenvalue weighted by atomic mass is 10.1. The normalized spacial score (nSPS) is 27.8. The number of aliphatic hydroxyl groups is 1. The molecule has 3 heteroatoms. The Morgan fingerprint density at radius 1 is 1.38 bits per heavy atom. The molecule has 0 spiro atoms. The van der Waals surface area contributed by atoms with E-state index < -0.39 is 0 Å². The highest BCUT2D eigenvalue weighted by Gasteiger charge is 2.37. The van der Waals surface area contributed by atoms with Crippen molar-refractivity contribution in [2.45, 2.75) is 31.9 Å². The van der Waals surface area contributed by atoms with Crippen molar-refractivity contribution in [2.75, 3.05) is 11.4 Å². The third-order valence-electron chi connectivity index (χ3n) is 3.95. The Hall–Kier alpha value is -0.540. The first-order chi connectivity index (χ1) is 7.78. The topological polar surface area (TPSA) is 23.5 Å². The average Bonchev–Trinajstić information content (AvgIpc) is 2.90. The minimum atomic E-state index is 0.104. The van der Waals surface area contributed by atoms with Gasteiger partial charge in [-0.05, 0) is 42.9 Å². The summed E-state index contributed by atoms with van der Waals surface area (Å²) in [5.74, 6) is 0.918. The second-order valence-corrected chi connectivity index (χ2v) is 5.77. The fourth-order valence-corrected chi connectivity index (χ4v) is 3.58. The van der Waals surface area contributed by atoms with Crippen molar-refractivity contribution < 1.29 is 5.11 Å². The summed E-state index contributed by atoms with van der Waals surface area (Å²) in [6.45, 7) is 1.32. The lowest BCUT2D eigenvalue weighted by molar-refractivity contribution is 0.281. The van der Waals surface area contributed by atoms with Crippen LogP contribution in [-0.4, -0.2) is 17.7 Å². The van der Waals surface area contributed by atoms with Gasteiger partial charge in [-0.1, -0.05) is 22.0 Å². The van der Waals surface area contributed by atoms with E-state index in [1.54, 1.807) is 0 Å². The van der Waals surface area contributed by atoms with Gasteiger partial charge in [0.15, 0.2) is 0 Å². The predicted molar refractivity (Wildman–Crippen MR) is 68.5 cm³/mol. The standard InChI is InChI=1S/C13H16BrNO/c14-13-6-12(4-2-10(13)8-16)15-7-9-1-3-11(15)5-9/h2,4,6,9,11,16H,1,3,5,7-8H2. The molecule has 1 aromatic carbocycles. The van der Waals surface area contributed by atoms with Crippen molar-refractivity contribution in [3.63, 3.8) is 0 Å². The smallest absolute Gasteiger partial charge is 0.0692 e. The van der Waals surface area contributed by atoms with Crippen LogP contribution in [-0.2, 0) is 6.61 Å². The van der Waals surface area contributed by atoms with E-state index in [0.717, 1.165) is 22.0 Å². The molecule has 86 valence electrons. The Morgan fingerprint density at radius 3 is 2.81 bits per heavy atom. The molecule has 1 aliphatic heterocycles. The highest BCUT2D eigenvalue weighted by Crippen LogP contribution is 2.40. The molecular formula is C13H16BrNO. The van der Waals surface area contributed by atoms with E-state index in [9.17, 15) is 0 Å². The summed E-state index contributed by atoms with van der Waals surface area (Å²) in [6, 6.07) is 7.06. The fraction of sp³-hybridized carbons (Fsp3) is 0.538. The zero-order valence-corrected chi connectivity index (χ0v) is 10.8. The molecule has 2 aliphatic rings. The van der Waals surface area contributed by atoms with Gasteiger partial charge in [0.1, 0.15) is 0 Å². The Morgan fingerprint density at radius 2 is 2.25 bits per heavy atom. The van der Waals surface area contributed by atoms with Crippen LogP contribution >= 0.6 is 15.9 Å². The van der Waals surface area contributed by atoms with Crippen molar-refractivity contribution in [1.82, 2.24) is 0 Å². The first-order valence-corrected chi connectivity index (χ1v) is 6.73. The molecule has 2 atom stereocenters. The quantitative estimate of drug-likeness (QED) is 0.901. The average molecular weight is 282 g/mol. The number of anilines is 1. The van der Waals surface area contributed by atoms with Gasteiger partial charge in [-0.25, -0.2) is 0 Å². The second-order valence-electron chi connectivity index (χ2n) is 4.92. The van der Waals surface area contributed by atoms with Gasteiger partial charge >= 0.3 is 0 Å². The first-order valence-electron chi connectivity index (χ1n) is 5.94. The van der Waals surface area contributed by atoms with E-state index in [1.165, 1.54) is 31.5 Å². The van der Waals surface area contributed by atoms with Gasteiger partial charge in [-0.2, -0.15) is 0 Å². The molecule has 1 aliphatic carbocycles. The summed E-state index contributed by atoms with van der Waals surface area (Å²) in [6.07, 6.45) is 4.14. The SMILES string of the molecule is OCc1ccc(N2CC3CCC2C3)cc1Br. The van der Waals surface area contributed by atoms with Gasteiger partial charge in [0.2, 0.25) is 0 Å². The maximum Gasteiger partial charge on any atom is 0.0692 e. The van der Waals surface area contributed by atoms with Crippen LogP contribution in [0.3, 0.4) is 0 Å². The van der Waals surface area contributed by atoms with E-state index >= 15 is 0 Å². The van der Waals surface area contributed by atoms with E-state index in [-0.39, 0.29) is 6.61 Å². The zero-order chi connectivity index (χ0) is 11.1. The van der Waals surface area contributed by atoms with E-state index in [0.29, 0.717) is 0 Å². The molecule has 16 heavy (non-hydrogen) atoms. The fourth-order valence-electron chi connectivity index (χ4n) is 3.08. The van der Waals surface area contributed by atoms with Crippen LogP contribution in [0.2, 0.25) is 0 Å². The van der Waals surface area contributed by atoms with Crippen molar-refractivity contribution in [1.29, 1.82) is 0 Å². The molecule has 2 nitrogen and oxygen atoms in total. The number of nitrogens with zero attached hydrogens (tertiary/aromatic N) is 1. The summed E-state index contributed by atoms with van der Waals surface area (Å²) in [4.78, 5) is 2.53. The van der Waals surface area contributed by atoms with Crippen molar-refractivity contribution in [3.05, 3.63) is 28.2 Å². The van der Waals surface area contributed by atoms with Gasteiger partial charge in [0, 0.05) is 22.7 Å². The Bertz CT molecular complexity index is 407. The number of hydrogen-bond acceptors (Lipinski definition) is 2. The molecule has 2 unspecified atom stereocenters. The van der Waals surface area contributed by atoms with Crippen molar-refractivity contribution in [3.8, 4) is 0 Å². The summed E-state index contributed by atoms with van der Waals surface area (Å²) >= 11 is 3.52. The number of aliphatic hydroxyl groups excluding tert-OH is 1. The molecule has 3 rings (SSSR count). The highest BCUT2D eigenvalue weighted by atomic mass is 79.9. The number of fused-ring (bicyclic) bond motifs is 2. The number of piperidine rings is 1. The van der Waals surface area contributed by atoms with Gasteiger partial charge in [-0.3, -0.25) is 0 Å². The van der Waals surface area contributed by atoms with Gasteiger partial charge in [-0.15, -0.1) is 0 Å². The van der Waals surface area contributed by atoms with Crippen molar-refractivity contribution in [2.24, 2.45) is 5.92 Å². The van der Waals surface area contributed by atoms with E-state index in [1.807, 2.05) is 6.07 Å². The van der Waals surface area contributed by atoms with Gasteiger partial charge in [0.25, 0.3) is 0 Å². The molecule has 0 radical (unpaired) electrons. The van der Waals surface area contributed by atoms with Crippen LogP contribution < -0.4 is 4.90 Å². The van der Waals surface area contributed by atoms with Crippen LogP contribution in [0.25, 0.3) is 0 Å². The minimum Gasteiger partial charge on any atom is -0.392 e. The lowest BCUT2D eigenvalue weighted by Crippen LogP contribution is -2.31. The third kappa shape index (κ3) is 1.66.